The van der Waals surface area contributed by atoms with Crippen molar-refractivity contribution in [3.05, 3.63) is 27.9 Å². The van der Waals surface area contributed by atoms with Crippen molar-refractivity contribution in [1.82, 2.24) is 35.4 Å². The predicted molar refractivity (Wildman–Crippen MR) is 140 cm³/mol. The first-order valence-corrected chi connectivity index (χ1v) is 14.3. The Kier molecular flexibility index (Phi) is 8.55. The fraction of sp³-hybridized carbons (Fsp3) is 0.476. The number of hydrogen-bond donors (Lipinski definition) is 2. The standard InChI is InChI=1S/C21H24N8O7S3/c1-21(2,3)36-12(30)5-35-25-13(11-8-37-9-22-11)16(31)23-14-17(32)29-15(19(33)34)10(6-38-18(14)29)7-39-20-24-26-27-28(20)4/h8-9,14,18H,5-7H2,1-4H3,(H,23,31)(H,33,34)/t14?,18-/m0/s1. The number of thiazole rings is 1. The second-order valence-electron chi connectivity index (χ2n) is 9.17. The highest BCUT2D eigenvalue weighted by Gasteiger charge is 2.54. The molecule has 15 nitrogen and oxygen atoms in total. The van der Waals surface area contributed by atoms with Gasteiger partial charge in [0.15, 0.2) is 5.71 Å². The number of esters is 1. The highest BCUT2D eigenvalue weighted by Crippen LogP contribution is 2.41. The molecule has 2 atom stereocenters. The van der Waals surface area contributed by atoms with E-state index in [1.165, 1.54) is 50.0 Å². The lowest BCUT2D eigenvalue weighted by molar-refractivity contribution is -0.160. The van der Waals surface area contributed by atoms with Gasteiger partial charge in [-0.25, -0.2) is 19.3 Å². The summed E-state index contributed by atoms with van der Waals surface area (Å²) in [6.07, 6.45) is 0. The van der Waals surface area contributed by atoms with E-state index in [0.29, 0.717) is 16.5 Å². The number of β-lactam (4-membered cyclic amide) rings is 1. The van der Waals surface area contributed by atoms with Gasteiger partial charge >= 0.3 is 11.9 Å². The number of nitrogens with zero attached hydrogens (tertiary/aromatic N) is 7. The third-order valence-corrected chi connectivity index (χ3v) is 8.16. The number of carbonyl (C=O) groups excluding carboxylic acids is 3. The van der Waals surface area contributed by atoms with Gasteiger partial charge in [-0.15, -0.1) is 28.2 Å². The maximum absolute atomic E-state index is 13.1. The van der Waals surface area contributed by atoms with Gasteiger partial charge in [-0.05, 0) is 36.8 Å². The number of aliphatic carboxylic acids is 1. The van der Waals surface area contributed by atoms with Crippen LogP contribution in [0, 0.1) is 0 Å². The summed E-state index contributed by atoms with van der Waals surface area (Å²) in [6, 6.07) is -0.997. The lowest BCUT2D eigenvalue weighted by Gasteiger charge is -2.49. The molecule has 208 valence electrons. The number of ether oxygens (including phenoxy) is 1. The number of tetrazole rings is 1. The molecule has 4 heterocycles. The monoisotopic (exact) mass is 596 g/mol. The minimum absolute atomic E-state index is 0.119. The van der Waals surface area contributed by atoms with Crippen LogP contribution in [0.4, 0.5) is 0 Å². The average molecular weight is 597 g/mol. The van der Waals surface area contributed by atoms with Gasteiger partial charge < -0.3 is 20.0 Å². The highest BCUT2D eigenvalue weighted by molar-refractivity contribution is 8.01. The van der Waals surface area contributed by atoms with E-state index in [1.54, 1.807) is 33.2 Å². The molecule has 2 aliphatic rings. The summed E-state index contributed by atoms with van der Waals surface area (Å²) < 4.78 is 6.61. The van der Waals surface area contributed by atoms with E-state index in [1.807, 2.05) is 0 Å². The Morgan fingerprint density at radius 1 is 1.33 bits per heavy atom. The molecule has 0 radical (unpaired) electrons. The predicted octanol–water partition coefficient (Wildman–Crippen LogP) is 0.260. The molecular formula is C21H24N8O7S3. The first-order valence-electron chi connectivity index (χ1n) is 11.3. The molecule has 0 aromatic carbocycles. The Hall–Kier alpha value is -3.51. The smallest absolute Gasteiger partial charge is 0.352 e. The van der Waals surface area contributed by atoms with E-state index in [4.69, 9.17) is 9.57 Å². The number of carboxylic acid groups (broad SMARTS) is 1. The van der Waals surface area contributed by atoms with Crippen LogP contribution in [0.3, 0.4) is 0 Å². The Labute approximate surface area is 234 Å². The van der Waals surface area contributed by atoms with Gasteiger partial charge in [0.2, 0.25) is 11.8 Å². The zero-order chi connectivity index (χ0) is 28.3. The fourth-order valence-corrected chi connectivity index (χ4v) is 6.43. The maximum atomic E-state index is 13.1. The van der Waals surface area contributed by atoms with Gasteiger partial charge in [-0.3, -0.25) is 14.5 Å². The zero-order valence-corrected chi connectivity index (χ0v) is 23.6. The highest BCUT2D eigenvalue weighted by atomic mass is 32.2. The molecule has 0 bridgehead atoms. The molecule has 2 aromatic heterocycles. The van der Waals surface area contributed by atoms with Crippen molar-refractivity contribution >= 4 is 64.3 Å². The van der Waals surface area contributed by atoms with Gasteiger partial charge in [-0.2, -0.15) is 0 Å². The average Bonchev–Trinajstić information content (AvgIpc) is 3.53. The summed E-state index contributed by atoms with van der Waals surface area (Å²) >= 11 is 3.79. The minimum Gasteiger partial charge on any atom is -0.477 e. The normalized spacial score (nSPS) is 19.3. The summed E-state index contributed by atoms with van der Waals surface area (Å²) in [4.78, 5) is 60.5. The van der Waals surface area contributed by atoms with Crippen molar-refractivity contribution in [2.75, 3.05) is 18.1 Å². The molecular weight excluding hydrogens is 572 g/mol. The molecule has 0 aliphatic carbocycles. The molecule has 39 heavy (non-hydrogen) atoms. The van der Waals surface area contributed by atoms with Crippen LogP contribution in [-0.2, 0) is 35.8 Å². The molecule has 0 saturated carbocycles. The van der Waals surface area contributed by atoms with Gasteiger partial charge in [0.1, 0.15) is 28.4 Å². The van der Waals surface area contributed by atoms with E-state index < -0.39 is 47.4 Å². The zero-order valence-electron chi connectivity index (χ0n) is 21.2. The molecule has 1 fully saturated rings. The number of carbonyl (C=O) groups is 4. The molecule has 0 spiro atoms. The number of aryl methyl sites for hydroxylation is 1. The summed E-state index contributed by atoms with van der Waals surface area (Å²) in [6.45, 7) is 4.57. The third kappa shape index (κ3) is 6.56. The van der Waals surface area contributed by atoms with Crippen LogP contribution in [-0.4, -0.2) is 99.8 Å². The molecule has 2 aromatic rings. The summed E-state index contributed by atoms with van der Waals surface area (Å²) in [5.74, 6) is -2.66. The number of fused-ring (bicyclic) bond motifs is 1. The molecule has 2 amide bonds. The van der Waals surface area contributed by atoms with Crippen molar-refractivity contribution in [3.8, 4) is 0 Å². The Morgan fingerprint density at radius 3 is 2.72 bits per heavy atom. The van der Waals surface area contributed by atoms with E-state index >= 15 is 0 Å². The lowest BCUT2D eigenvalue weighted by Crippen LogP contribution is -2.71. The summed E-state index contributed by atoms with van der Waals surface area (Å²) in [5.41, 5.74) is 1.13. The Morgan fingerprint density at radius 2 is 2.10 bits per heavy atom. The maximum Gasteiger partial charge on any atom is 0.352 e. The van der Waals surface area contributed by atoms with Crippen LogP contribution in [0.2, 0.25) is 0 Å². The number of aromatic nitrogens is 5. The third-order valence-electron chi connectivity index (χ3n) is 5.14. The van der Waals surface area contributed by atoms with Crippen LogP contribution in [0.15, 0.2) is 32.5 Å². The van der Waals surface area contributed by atoms with Crippen LogP contribution in [0.1, 0.15) is 26.5 Å². The number of thioether (sulfide) groups is 2. The lowest BCUT2D eigenvalue weighted by atomic mass is 10.0. The summed E-state index contributed by atoms with van der Waals surface area (Å²) in [7, 11) is 1.67. The molecule has 1 unspecified atom stereocenters. The van der Waals surface area contributed by atoms with Gasteiger partial charge in [0.25, 0.3) is 11.8 Å². The fourth-order valence-electron chi connectivity index (χ4n) is 3.55. The first-order chi connectivity index (χ1) is 18.5. The molecule has 18 heteroatoms. The van der Waals surface area contributed by atoms with Crippen molar-refractivity contribution in [1.29, 1.82) is 0 Å². The van der Waals surface area contributed by atoms with Crippen LogP contribution < -0.4 is 5.32 Å². The second kappa shape index (κ2) is 11.7. The van der Waals surface area contributed by atoms with Crippen LogP contribution in [0.25, 0.3) is 0 Å². The van der Waals surface area contributed by atoms with Crippen molar-refractivity contribution in [3.63, 3.8) is 0 Å². The minimum atomic E-state index is -1.25. The quantitative estimate of drug-likeness (QED) is 0.125. The first kappa shape index (κ1) is 28.5. The molecule has 2 aliphatic heterocycles. The number of nitrogens with one attached hydrogen (secondary N) is 1. The van der Waals surface area contributed by atoms with Gasteiger partial charge in [0, 0.05) is 23.9 Å². The van der Waals surface area contributed by atoms with Crippen LogP contribution in [0.5, 0.6) is 0 Å². The molecule has 4 rings (SSSR count). The molecule has 2 N–H and O–H groups in total. The second-order valence-corrected chi connectivity index (χ2v) is 11.9. The van der Waals surface area contributed by atoms with E-state index in [2.05, 4.69) is 31.0 Å². The van der Waals surface area contributed by atoms with E-state index in [0.717, 1.165) is 0 Å². The number of carboxylic acids is 1. The molecule has 1 saturated heterocycles. The topological polar surface area (TPSA) is 191 Å². The Bertz CT molecular complexity index is 1340. The number of amides is 2. The number of hydrogen-bond acceptors (Lipinski definition) is 14. The van der Waals surface area contributed by atoms with E-state index in [-0.39, 0.29) is 22.9 Å². The summed E-state index contributed by atoms with van der Waals surface area (Å²) in [5, 5.41) is 28.9. The van der Waals surface area contributed by atoms with Crippen LogP contribution >= 0.6 is 34.9 Å². The van der Waals surface area contributed by atoms with E-state index in [9.17, 15) is 24.3 Å². The Balaban J connectivity index is 1.44. The largest absolute Gasteiger partial charge is 0.477 e. The van der Waals surface area contributed by atoms with Crippen molar-refractivity contribution < 1.29 is 33.9 Å². The van der Waals surface area contributed by atoms with Gasteiger partial charge in [-0.1, -0.05) is 16.9 Å². The van der Waals surface area contributed by atoms with Crippen molar-refractivity contribution in [2.45, 2.75) is 42.9 Å². The number of rotatable bonds is 10. The van der Waals surface area contributed by atoms with Crippen molar-refractivity contribution in [2.24, 2.45) is 12.2 Å². The SMILES string of the molecule is Cn1nnnc1SCC1=C(C(=O)O)N2C(=O)C(NC(=O)C(=NOCC(=O)OC(C)(C)C)c3cscn3)[C@@H]2SC1. The van der Waals surface area contributed by atoms with Gasteiger partial charge in [0.05, 0.1) is 5.51 Å². The number of oxime groups is 1.